The molecule has 0 saturated heterocycles. The van der Waals surface area contributed by atoms with E-state index >= 15 is 0 Å². The lowest BCUT2D eigenvalue weighted by atomic mass is 10.3. The van der Waals surface area contributed by atoms with Crippen LogP contribution in [0.3, 0.4) is 0 Å². The Morgan fingerprint density at radius 1 is 1.09 bits per heavy atom. The van der Waals surface area contributed by atoms with E-state index in [2.05, 4.69) is 10.4 Å². The molecule has 0 radical (unpaired) electrons. The second kappa shape index (κ2) is 6.42. The lowest BCUT2D eigenvalue weighted by Crippen LogP contribution is -2.30. The van der Waals surface area contributed by atoms with E-state index in [4.69, 9.17) is 4.74 Å². The summed E-state index contributed by atoms with van der Waals surface area (Å²) in [6, 6.07) is 7.37. The molecule has 1 aromatic heterocycles. The van der Waals surface area contributed by atoms with Gasteiger partial charge in [0, 0.05) is 6.20 Å². The lowest BCUT2D eigenvalue weighted by molar-refractivity contribution is -0.137. The number of halogens is 3. The molecule has 2 N–H and O–H groups in total. The molecule has 0 unspecified atom stereocenters. The lowest BCUT2D eigenvalue weighted by Gasteiger charge is -2.10. The fraction of sp³-hybridized carbons (Fsp3) is 0.154. The van der Waals surface area contributed by atoms with Gasteiger partial charge in [0.1, 0.15) is 11.6 Å². The summed E-state index contributed by atoms with van der Waals surface area (Å²) in [6.45, 7) is 0. The number of anilines is 1. The van der Waals surface area contributed by atoms with Crippen molar-refractivity contribution in [3.05, 3.63) is 48.2 Å². The zero-order chi connectivity index (χ0) is 17.1. The van der Waals surface area contributed by atoms with Gasteiger partial charge in [0.05, 0.1) is 17.6 Å². The Bertz CT molecular complexity index is 760. The van der Waals surface area contributed by atoms with Crippen LogP contribution in [-0.4, -0.2) is 20.5 Å². The van der Waals surface area contributed by atoms with Crippen molar-refractivity contribution in [2.75, 3.05) is 12.5 Å². The maximum Gasteiger partial charge on any atom is 0.417 e. The first-order chi connectivity index (χ1) is 10.7. The second-order valence-electron chi connectivity index (χ2n) is 4.34. The van der Waals surface area contributed by atoms with Crippen molar-refractivity contribution in [2.45, 2.75) is 11.1 Å². The molecule has 10 heteroatoms. The maximum atomic E-state index is 12.4. The van der Waals surface area contributed by atoms with Crippen LogP contribution in [0.5, 0.6) is 5.75 Å². The number of rotatable bonds is 5. The van der Waals surface area contributed by atoms with Crippen molar-refractivity contribution in [3.63, 3.8) is 0 Å². The molecule has 0 fully saturated rings. The van der Waals surface area contributed by atoms with Crippen LogP contribution in [-0.2, 0) is 16.2 Å². The van der Waals surface area contributed by atoms with Gasteiger partial charge in [0.2, 0.25) is 0 Å². The fourth-order valence-electron chi connectivity index (χ4n) is 1.57. The van der Waals surface area contributed by atoms with Crippen molar-refractivity contribution in [1.82, 2.24) is 9.82 Å². The van der Waals surface area contributed by atoms with Crippen LogP contribution in [0.2, 0.25) is 0 Å². The molecule has 0 amide bonds. The summed E-state index contributed by atoms with van der Waals surface area (Å²) >= 11 is 0. The van der Waals surface area contributed by atoms with Crippen LogP contribution in [0.4, 0.5) is 19.0 Å². The Morgan fingerprint density at radius 2 is 1.74 bits per heavy atom. The number of pyridine rings is 1. The Kier molecular flexibility index (Phi) is 4.76. The van der Waals surface area contributed by atoms with Crippen molar-refractivity contribution in [3.8, 4) is 5.75 Å². The number of alkyl halides is 3. The average Bonchev–Trinajstić information content (AvgIpc) is 2.53. The second-order valence-corrected chi connectivity index (χ2v) is 6.02. The monoisotopic (exact) mass is 347 g/mol. The van der Waals surface area contributed by atoms with Crippen LogP contribution < -0.4 is 15.0 Å². The molecule has 0 aliphatic carbocycles. The number of hydrogen-bond donors (Lipinski definition) is 2. The van der Waals surface area contributed by atoms with Crippen LogP contribution in [0.15, 0.2) is 47.5 Å². The largest absolute Gasteiger partial charge is 0.497 e. The molecular weight excluding hydrogens is 335 g/mol. The molecule has 2 rings (SSSR count). The van der Waals surface area contributed by atoms with Crippen molar-refractivity contribution >= 4 is 15.8 Å². The first-order valence-corrected chi connectivity index (χ1v) is 7.66. The summed E-state index contributed by atoms with van der Waals surface area (Å²) in [5, 5.41) is 0. The SMILES string of the molecule is COc1ccc(S(=O)(=O)NNc2ccc(C(F)(F)F)cn2)cc1. The first kappa shape index (κ1) is 17.0. The summed E-state index contributed by atoms with van der Waals surface area (Å²) in [7, 11) is -2.46. The molecule has 0 aliphatic rings. The Hall–Kier alpha value is -2.33. The number of ether oxygens (including phenoxy) is 1. The minimum atomic E-state index is -4.51. The van der Waals surface area contributed by atoms with E-state index in [-0.39, 0.29) is 10.7 Å². The van der Waals surface area contributed by atoms with Gasteiger partial charge in [0.25, 0.3) is 10.0 Å². The third-order valence-corrected chi connectivity index (χ3v) is 4.04. The van der Waals surface area contributed by atoms with Gasteiger partial charge >= 0.3 is 6.18 Å². The van der Waals surface area contributed by atoms with Gasteiger partial charge in [-0.3, -0.25) is 5.43 Å². The van der Waals surface area contributed by atoms with Crippen LogP contribution in [0.1, 0.15) is 5.56 Å². The highest BCUT2D eigenvalue weighted by atomic mass is 32.2. The van der Waals surface area contributed by atoms with Gasteiger partial charge < -0.3 is 4.74 Å². The molecule has 1 heterocycles. The van der Waals surface area contributed by atoms with Crippen molar-refractivity contribution in [1.29, 1.82) is 0 Å². The summed E-state index contributed by atoms with van der Waals surface area (Å²) in [6.07, 6.45) is -3.90. The number of sulfonamides is 1. The van der Waals surface area contributed by atoms with E-state index in [1.165, 1.54) is 31.4 Å². The van der Waals surface area contributed by atoms with E-state index < -0.39 is 21.8 Å². The average molecular weight is 347 g/mol. The van der Waals surface area contributed by atoms with Crippen LogP contribution in [0, 0.1) is 0 Å². The maximum absolute atomic E-state index is 12.4. The van der Waals surface area contributed by atoms with Gasteiger partial charge in [0.15, 0.2) is 0 Å². The van der Waals surface area contributed by atoms with E-state index in [0.717, 1.165) is 12.1 Å². The quantitative estimate of drug-likeness (QED) is 0.812. The summed E-state index contributed by atoms with van der Waals surface area (Å²) < 4.78 is 66.1. The molecule has 23 heavy (non-hydrogen) atoms. The topological polar surface area (TPSA) is 80.3 Å². The molecule has 0 bridgehead atoms. The molecule has 124 valence electrons. The Morgan fingerprint density at radius 3 is 2.22 bits per heavy atom. The number of hydrazine groups is 1. The zero-order valence-electron chi connectivity index (χ0n) is 11.8. The third-order valence-electron chi connectivity index (χ3n) is 2.77. The zero-order valence-corrected chi connectivity index (χ0v) is 12.6. The number of methoxy groups -OCH3 is 1. The molecular formula is C13H12F3N3O3S. The molecule has 6 nitrogen and oxygen atoms in total. The van der Waals surface area contributed by atoms with Gasteiger partial charge in [-0.15, -0.1) is 4.83 Å². The van der Waals surface area contributed by atoms with E-state index in [1.807, 2.05) is 4.83 Å². The van der Waals surface area contributed by atoms with Crippen LogP contribution in [0.25, 0.3) is 0 Å². The molecule has 0 atom stereocenters. The summed E-state index contributed by atoms with van der Waals surface area (Å²) in [5.41, 5.74) is 1.31. The molecule has 0 spiro atoms. The molecule has 0 saturated carbocycles. The van der Waals surface area contributed by atoms with Gasteiger partial charge in [-0.1, -0.05) is 0 Å². The number of hydrogen-bond acceptors (Lipinski definition) is 5. The Labute approximate surface area is 130 Å². The van der Waals surface area contributed by atoms with Crippen molar-refractivity contribution in [2.24, 2.45) is 0 Å². The Balaban J connectivity index is 2.06. The summed E-state index contributed by atoms with van der Waals surface area (Å²) in [4.78, 5) is 5.47. The number of benzene rings is 1. The van der Waals surface area contributed by atoms with Crippen molar-refractivity contribution < 1.29 is 26.3 Å². The normalized spacial score (nSPS) is 12.0. The highest BCUT2D eigenvalue weighted by molar-refractivity contribution is 7.89. The number of nitrogens with one attached hydrogen (secondary N) is 2. The molecule has 2 aromatic rings. The highest BCUT2D eigenvalue weighted by Crippen LogP contribution is 2.28. The van der Waals surface area contributed by atoms with E-state index in [0.29, 0.717) is 11.9 Å². The van der Waals surface area contributed by atoms with Gasteiger partial charge in [-0.05, 0) is 36.4 Å². The standard InChI is InChI=1S/C13H12F3N3O3S/c1-22-10-3-5-11(6-4-10)23(20,21)19-18-12-7-2-9(8-17-12)13(14,15)16/h2-8,19H,1H3,(H,17,18). The predicted molar refractivity (Wildman–Crippen MR) is 76.2 cm³/mol. The molecule has 1 aromatic carbocycles. The number of nitrogens with zero attached hydrogens (tertiary/aromatic N) is 1. The minimum absolute atomic E-state index is 0.0438. The molecule has 0 aliphatic heterocycles. The van der Waals surface area contributed by atoms with Crippen LogP contribution >= 0.6 is 0 Å². The smallest absolute Gasteiger partial charge is 0.417 e. The number of aromatic nitrogens is 1. The van der Waals surface area contributed by atoms with E-state index in [9.17, 15) is 21.6 Å². The third kappa shape index (κ3) is 4.33. The van der Waals surface area contributed by atoms with Gasteiger partial charge in [-0.25, -0.2) is 13.4 Å². The van der Waals surface area contributed by atoms with E-state index in [1.54, 1.807) is 0 Å². The first-order valence-electron chi connectivity index (χ1n) is 6.17. The minimum Gasteiger partial charge on any atom is -0.497 e. The fourth-order valence-corrected chi connectivity index (χ4v) is 2.42. The van der Waals surface area contributed by atoms with Gasteiger partial charge in [-0.2, -0.15) is 13.2 Å². The summed E-state index contributed by atoms with van der Waals surface area (Å²) in [5.74, 6) is 0.413. The highest BCUT2D eigenvalue weighted by Gasteiger charge is 2.30. The predicted octanol–water partition coefficient (Wildman–Crippen LogP) is 2.41.